The zero-order valence-corrected chi connectivity index (χ0v) is 51.5. The Morgan fingerprint density at radius 2 is 0.975 bits per heavy atom. The molecular formula is C74H74N4OPt-2. The third kappa shape index (κ3) is 10.9. The van der Waals surface area contributed by atoms with E-state index in [9.17, 15) is 0 Å². The van der Waals surface area contributed by atoms with Crippen LogP contribution >= 0.6 is 0 Å². The van der Waals surface area contributed by atoms with Crippen molar-refractivity contribution in [2.75, 3.05) is 0 Å². The van der Waals surface area contributed by atoms with Crippen molar-refractivity contribution in [3.8, 4) is 62.1 Å². The molecule has 0 saturated heterocycles. The largest absolute Gasteiger partial charge is 0.510 e. The van der Waals surface area contributed by atoms with Crippen molar-refractivity contribution < 1.29 is 30.4 Å². The number of pyridine rings is 1. The van der Waals surface area contributed by atoms with Gasteiger partial charge in [0.15, 0.2) is 0 Å². The number of hydrogen-bond donors (Lipinski definition) is 0. The third-order valence-electron chi connectivity index (χ3n) is 15.6. The minimum atomic E-state index is -0.0710. The predicted octanol–water partition coefficient (Wildman–Crippen LogP) is 19.1. The number of aromatic nitrogens is 4. The summed E-state index contributed by atoms with van der Waals surface area (Å²) in [6, 6.07) is 69.1. The zero-order valence-electron chi connectivity index (χ0n) is 49.3. The van der Waals surface area contributed by atoms with E-state index in [1.165, 1.54) is 44.5 Å². The Hall–Kier alpha value is -7.33. The Kier molecular flexibility index (Phi) is 14.4. The molecule has 8 aromatic carbocycles. The van der Waals surface area contributed by atoms with Gasteiger partial charge in [0.1, 0.15) is 5.82 Å². The molecule has 0 aliphatic carbocycles. The topological polar surface area (TPSA) is 35.9 Å². The van der Waals surface area contributed by atoms with Crippen molar-refractivity contribution >= 4 is 32.8 Å². The van der Waals surface area contributed by atoms with Gasteiger partial charge in [-0.3, -0.25) is 4.57 Å². The molecule has 0 unspecified atom stereocenters. The van der Waals surface area contributed by atoms with Crippen LogP contribution in [0, 0.1) is 18.5 Å². The monoisotopic (exact) mass is 1230 g/mol. The summed E-state index contributed by atoms with van der Waals surface area (Å²) in [6.45, 7) is 34.5. The molecule has 0 radical (unpaired) electrons. The average Bonchev–Trinajstić information content (AvgIpc) is 4.07. The van der Waals surface area contributed by atoms with E-state index in [0.717, 1.165) is 66.7 Å². The molecule has 11 aromatic rings. The molecule has 6 heteroatoms. The van der Waals surface area contributed by atoms with Crippen molar-refractivity contribution in [1.82, 2.24) is 14.1 Å². The van der Waals surface area contributed by atoms with E-state index >= 15 is 0 Å². The molecule has 0 atom stereocenters. The molecule has 3 heterocycles. The van der Waals surface area contributed by atoms with Gasteiger partial charge in [-0.2, -0.15) is 18.2 Å². The standard InChI is InChI=1S/C74H74N4O.Pt/c1-70(2,3)52-35-36-75-68(44-52)78-64-34-31-49(48-23-17-16-18-24-48)41-63(64)62-33-32-59(46-67(62)78)79-58-26-21-25-57(45-58)76-47-77(66-30-20-19-29-65(66)76)69-60(50-37-53(71(4,5)6)42-54(38-50)72(7,8)9)27-22-28-61(69)51-39-55(73(10,11)12)43-56(40-51)74(13,14)15;/h16-44H,1-15H3;/q-2;. The van der Waals surface area contributed by atoms with E-state index in [0.29, 0.717) is 11.5 Å². The zero-order chi connectivity index (χ0) is 56.0. The number of para-hydroxylation sites is 3. The molecule has 0 aliphatic rings. The van der Waals surface area contributed by atoms with Gasteiger partial charge >= 0.3 is 0 Å². The number of fused-ring (bicyclic) bond motifs is 4. The molecule has 0 bridgehead atoms. The maximum atomic E-state index is 6.84. The molecule has 0 aliphatic heterocycles. The summed E-state index contributed by atoms with van der Waals surface area (Å²) in [7, 11) is 0. The van der Waals surface area contributed by atoms with Crippen LogP contribution in [0.4, 0.5) is 0 Å². The van der Waals surface area contributed by atoms with Gasteiger partial charge in [0.05, 0.1) is 16.7 Å². The van der Waals surface area contributed by atoms with Crippen LogP contribution in [0.3, 0.4) is 0 Å². The van der Waals surface area contributed by atoms with Crippen LogP contribution in [0.1, 0.15) is 132 Å². The average molecular weight is 1230 g/mol. The molecule has 408 valence electrons. The molecule has 5 nitrogen and oxygen atoms in total. The molecular weight excluding hydrogens is 1160 g/mol. The van der Waals surface area contributed by atoms with E-state index in [-0.39, 0.29) is 48.1 Å². The van der Waals surface area contributed by atoms with Crippen LogP contribution in [-0.2, 0) is 48.1 Å². The Bertz CT molecular complexity index is 3960. The molecule has 0 fully saturated rings. The SMILES string of the molecule is CC(C)(C)c1cc(-c2cccc(-c3cc(C(C)(C)C)cc(C(C)(C)C)c3)c2-[n+]2[c-]n(-c3[c-]c(Oc4[c-]c5c(cc4)c4cc(-c6ccccc6)ccc4n5-c4cc(C(C)(C)C)ccn4)ccc3)c3ccccc32)cc(C(C)(C)C)c1.[Pt]. The number of benzene rings is 8. The summed E-state index contributed by atoms with van der Waals surface area (Å²) in [6.07, 6.45) is 5.85. The fraction of sp³-hybridized carbons (Fsp3) is 0.270. The molecule has 0 spiro atoms. The number of imidazole rings is 1. The molecule has 3 aromatic heterocycles. The van der Waals surface area contributed by atoms with E-state index in [2.05, 4.69) is 288 Å². The van der Waals surface area contributed by atoms with Crippen molar-refractivity contribution in [2.24, 2.45) is 0 Å². The van der Waals surface area contributed by atoms with Gasteiger partial charge in [-0.1, -0.05) is 231 Å². The van der Waals surface area contributed by atoms with Gasteiger partial charge in [-0.25, -0.2) is 4.98 Å². The maximum Gasteiger partial charge on any atom is 0.268 e. The Morgan fingerprint density at radius 3 is 1.56 bits per heavy atom. The van der Waals surface area contributed by atoms with Crippen LogP contribution in [0.5, 0.6) is 11.5 Å². The molecule has 0 amide bonds. The second-order valence-corrected chi connectivity index (χ2v) is 26.7. The van der Waals surface area contributed by atoms with E-state index in [1.807, 2.05) is 24.4 Å². The summed E-state index contributed by atoms with van der Waals surface area (Å²) in [5, 5.41) is 2.19. The van der Waals surface area contributed by atoms with E-state index in [1.54, 1.807) is 0 Å². The number of rotatable bonds is 8. The molecule has 11 rings (SSSR count). The Balaban J connectivity index is 0.00000720. The first kappa shape index (κ1) is 56.0. The van der Waals surface area contributed by atoms with Crippen LogP contribution in [-0.4, -0.2) is 14.1 Å². The number of nitrogens with zero attached hydrogens (tertiary/aromatic N) is 4. The predicted molar refractivity (Wildman–Crippen MR) is 330 cm³/mol. The summed E-state index contributed by atoms with van der Waals surface area (Å²) < 4.78 is 13.5. The number of ether oxygens (including phenoxy) is 1. The quantitative estimate of drug-likeness (QED) is 0.112. The Morgan fingerprint density at radius 1 is 0.425 bits per heavy atom. The molecule has 0 saturated carbocycles. The van der Waals surface area contributed by atoms with Crippen LogP contribution in [0.25, 0.3) is 83.4 Å². The van der Waals surface area contributed by atoms with Gasteiger partial charge in [0.25, 0.3) is 6.33 Å². The van der Waals surface area contributed by atoms with Crippen LogP contribution in [0.15, 0.2) is 176 Å². The first-order valence-electron chi connectivity index (χ1n) is 27.9. The summed E-state index contributed by atoms with van der Waals surface area (Å²) in [5.41, 5.74) is 18.9. The minimum absolute atomic E-state index is 0. The van der Waals surface area contributed by atoms with Crippen molar-refractivity contribution in [1.29, 1.82) is 0 Å². The van der Waals surface area contributed by atoms with Crippen molar-refractivity contribution in [2.45, 2.75) is 131 Å². The van der Waals surface area contributed by atoms with Crippen molar-refractivity contribution in [3.63, 3.8) is 0 Å². The fourth-order valence-electron chi connectivity index (χ4n) is 10.7. The summed E-state index contributed by atoms with van der Waals surface area (Å²) in [5.74, 6) is 1.98. The van der Waals surface area contributed by atoms with Gasteiger partial charge in [-0.05, 0) is 118 Å². The third-order valence-corrected chi connectivity index (χ3v) is 15.6. The normalized spacial score (nSPS) is 12.6. The van der Waals surface area contributed by atoms with E-state index in [4.69, 9.17) is 9.72 Å². The van der Waals surface area contributed by atoms with Gasteiger partial charge in [0, 0.05) is 44.3 Å². The fourth-order valence-corrected chi connectivity index (χ4v) is 10.7. The molecule has 80 heavy (non-hydrogen) atoms. The maximum absolute atomic E-state index is 6.84. The first-order valence-corrected chi connectivity index (χ1v) is 27.9. The van der Waals surface area contributed by atoms with E-state index < -0.39 is 0 Å². The second kappa shape index (κ2) is 20.6. The van der Waals surface area contributed by atoms with Crippen molar-refractivity contribution in [3.05, 3.63) is 222 Å². The summed E-state index contributed by atoms with van der Waals surface area (Å²) in [4.78, 5) is 4.97. The van der Waals surface area contributed by atoms with Crippen LogP contribution < -0.4 is 9.30 Å². The smallest absolute Gasteiger partial charge is 0.268 e. The van der Waals surface area contributed by atoms with Gasteiger partial charge < -0.3 is 13.9 Å². The molecule has 0 N–H and O–H groups in total. The number of hydrogen-bond acceptors (Lipinski definition) is 2. The second-order valence-electron chi connectivity index (χ2n) is 26.7. The van der Waals surface area contributed by atoms with Gasteiger partial charge in [0.2, 0.25) is 0 Å². The summed E-state index contributed by atoms with van der Waals surface area (Å²) >= 11 is 0. The van der Waals surface area contributed by atoms with Gasteiger partial charge in [-0.15, -0.1) is 29.7 Å². The minimum Gasteiger partial charge on any atom is -0.510 e. The Labute approximate surface area is 489 Å². The van der Waals surface area contributed by atoms with Crippen LogP contribution in [0.2, 0.25) is 0 Å². The first-order chi connectivity index (χ1) is 37.3.